The van der Waals surface area contributed by atoms with Gasteiger partial charge in [0.05, 0.1) is 12.7 Å². The number of carbonyl (C=O) groups excluding carboxylic acids is 1. The lowest BCUT2D eigenvalue weighted by Gasteiger charge is -2.07. The van der Waals surface area contributed by atoms with Crippen LogP contribution in [0.15, 0.2) is 18.2 Å². The van der Waals surface area contributed by atoms with Crippen molar-refractivity contribution in [3.63, 3.8) is 0 Å². The first-order valence-corrected chi connectivity index (χ1v) is 5.83. The van der Waals surface area contributed by atoms with Crippen LogP contribution in [0, 0.1) is 11.8 Å². The molecule has 0 spiro atoms. The molecule has 18 heavy (non-hydrogen) atoms. The highest BCUT2D eigenvalue weighted by atomic mass is 16.5. The van der Waals surface area contributed by atoms with Crippen molar-refractivity contribution in [1.82, 2.24) is 5.32 Å². The molecule has 2 rings (SSSR count). The van der Waals surface area contributed by atoms with Gasteiger partial charge in [0.2, 0.25) is 0 Å². The third-order valence-electron chi connectivity index (χ3n) is 2.68. The molecular weight excluding hydrogens is 230 g/mol. The van der Waals surface area contributed by atoms with Crippen LogP contribution >= 0.6 is 0 Å². The van der Waals surface area contributed by atoms with Gasteiger partial charge >= 0.3 is 0 Å². The van der Waals surface area contributed by atoms with Crippen molar-refractivity contribution in [2.24, 2.45) is 0 Å². The average Bonchev–Trinajstić information content (AvgIpc) is 3.19. The van der Waals surface area contributed by atoms with Gasteiger partial charge in [0.1, 0.15) is 12.4 Å². The maximum Gasteiger partial charge on any atom is 0.251 e. The van der Waals surface area contributed by atoms with Crippen LogP contribution in [0.4, 0.5) is 0 Å². The molecule has 1 saturated carbocycles. The smallest absolute Gasteiger partial charge is 0.251 e. The fourth-order valence-corrected chi connectivity index (χ4v) is 1.58. The molecule has 0 aliphatic heterocycles. The van der Waals surface area contributed by atoms with Crippen LogP contribution in [0.1, 0.15) is 28.8 Å². The van der Waals surface area contributed by atoms with E-state index in [1.54, 1.807) is 25.3 Å². The molecule has 0 saturated heterocycles. The second-order valence-corrected chi connectivity index (χ2v) is 4.12. The summed E-state index contributed by atoms with van der Waals surface area (Å²) in [5.41, 5.74) is 1.17. The second-order valence-electron chi connectivity index (χ2n) is 4.12. The third kappa shape index (κ3) is 3.02. The van der Waals surface area contributed by atoms with E-state index in [4.69, 9.17) is 9.84 Å². The Morgan fingerprint density at radius 3 is 2.94 bits per heavy atom. The van der Waals surface area contributed by atoms with Gasteiger partial charge < -0.3 is 15.2 Å². The molecule has 0 atom stereocenters. The van der Waals surface area contributed by atoms with Gasteiger partial charge in [-0.15, -0.1) is 0 Å². The fraction of sp³-hybridized carbons (Fsp3) is 0.357. The van der Waals surface area contributed by atoms with Gasteiger partial charge in [-0.25, -0.2) is 0 Å². The van der Waals surface area contributed by atoms with E-state index >= 15 is 0 Å². The predicted octanol–water partition coefficient (Wildman–Crippen LogP) is 0.931. The highest BCUT2D eigenvalue weighted by Crippen LogP contribution is 2.22. The number of rotatable bonds is 3. The number of aliphatic hydroxyl groups excluding tert-OH is 1. The fourth-order valence-electron chi connectivity index (χ4n) is 1.58. The van der Waals surface area contributed by atoms with Gasteiger partial charge in [-0.1, -0.05) is 11.8 Å². The number of aliphatic hydroxyl groups is 1. The Kier molecular flexibility index (Phi) is 3.85. The first kappa shape index (κ1) is 12.5. The quantitative estimate of drug-likeness (QED) is 0.779. The van der Waals surface area contributed by atoms with Gasteiger partial charge in [-0.2, -0.15) is 0 Å². The summed E-state index contributed by atoms with van der Waals surface area (Å²) in [4.78, 5) is 11.9. The lowest BCUT2D eigenvalue weighted by atomic mass is 10.1. The summed E-state index contributed by atoms with van der Waals surface area (Å²) in [5.74, 6) is 5.83. The first-order valence-electron chi connectivity index (χ1n) is 5.83. The monoisotopic (exact) mass is 245 g/mol. The summed E-state index contributed by atoms with van der Waals surface area (Å²) in [5, 5.41) is 11.6. The van der Waals surface area contributed by atoms with Crippen molar-refractivity contribution in [2.45, 2.75) is 18.9 Å². The molecule has 0 aromatic heterocycles. The number of methoxy groups -OCH3 is 1. The van der Waals surface area contributed by atoms with E-state index in [9.17, 15) is 4.79 Å². The average molecular weight is 245 g/mol. The number of ether oxygens (including phenoxy) is 1. The molecule has 0 bridgehead atoms. The molecule has 0 radical (unpaired) electrons. The molecule has 4 nitrogen and oxygen atoms in total. The minimum Gasteiger partial charge on any atom is -0.495 e. The topological polar surface area (TPSA) is 58.6 Å². The van der Waals surface area contributed by atoms with Crippen molar-refractivity contribution in [3.05, 3.63) is 29.3 Å². The zero-order valence-electron chi connectivity index (χ0n) is 10.2. The number of hydrogen-bond acceptors (Lipinski definition) is 3. The standard InChI is InChI=1S/C14H15NO3/c1-18-13-7-4-11(9-10(13)3-2-8-16)14(17)15-12-5-6-12/h4,7,9,12,16H,5-6,8H2,1H3,(H,15,17). The molecule has 2 N–H and O–H groups in total. The molecule has 1 aliphatic rings. The largest absolute Gasteiger partial charge is 0.495 e. The van der Waals surface area contributed by atoms with Crippen LogP contribution < -0.4 is 10.1 Å². The minimum atomic E-state index is -0.221. The van der Waals surface area contributed by atoms with Crippen molar-refractivity contribution in [2.75, 3.05) is 13.7 Å². The molecule has 94 valence electrons. The van der Waals surface area contributed by atoms with Crippen molar-refractivity contribution < 1.29 is 14.6 Å². The molecule has 1 amide bonds. The minimum absolute atomic E-state index is 0.0906. The molecule has 0 heterocycles. The Balaban J connectivity index is 2.23. The molecule has 1 fully saturated rings. The van der Waals surface area contributed by atoms with Crippen LogP contribution in [-0.4, -0.2) is 30.8 Å². The Morgan fingerprint density at radius 1 is 1.56 bits per heavy atom. The van der Waals surface area contributed by atoms with E-state index in [-0.39, 0.29) is 12.5 Å². The zero-order valence-corrected chi connectivity index (χ0v) is 10.2. The van der Waals surface area contributed by atoms with Gasteiger partial charge in [0.25, 0.3) is 5.91 Å². The van der Waals surface area contributed by atoms with E-state index in [0.717, 1.165) is 12.8 Å². The van der Waals surface area contributed by atoms with E-state index in [1.807, 2.05) is 0 Å². The third-order valence-corrected chi connectivity index (χ3v) is 2.68. The molecular formula is C14H15NO3. The van der Waals surface area contributed by atoms with Crippen LogP contribution in [-0.2, 0) is 0 Å². The van der Waals surface area contributed by atoms with Gasteiger partial charge in [0.15, 0.2) is 0 Å². The molecule has 4 heteroatoms. The van der Waals surface area contributed by atoms with Crippen LogP contribution in [0.25, 0.3) is 0 Å². The predicted molar refractivity (Wildman–Crippen MR) is 67.4 cm³/mol. The summed E-state index contributed by atoms with van der Waals surface area (Å²) >= 11 is 0. The normalized spacial score (nSPS) is 13.4. The van der Waals surface area contributed by atoms with Gasteiger partial charge in [-0.05, 0) is 31.0 Å². The molecule has 1 aromatic carbocycles. The van der Waals surface area contributed by atoms with Crippen LogP contribution in [0.5, 0.6) is 5.75 Å². The number of amides is 1. The maximum atomic E-state index is 11.9. The maximum absolute atomic E-state index is 11.9. The van der Waals surface area contributed by atoms with Gasteiger partial charge in [-0.3, -0.25) is 4.79 Å². The molecule has 0 unspecified atom stereocenters. The number of benzene rings is 1. The Labute approximate surface area is 106 Å². The second kappa shape index (κ2) is 5.56. The van der Waals surface area contributed by atoms with E-state index in [1.165, 1.54) is 0 Å². The van der Waals surface area contributed by atoms with E-state index in [0.29, 0.717) is 22.9 Å². The van der Waals surface area contributed by atoms with E-state index in [2.05, 4.69) is 17.2 Å². The summed E-state index contributed by atoms with van der Waals surface area (Å²) in [6, 6.07) is 5.43. The number of carbonyl (C=O) groups is 1. The summed E-state index contributed by atoms with van der Waals surface area (Å²) in [7, 11) is 1.55. The lowest BCUT2D eigenvalue weighted by molar-refractivity contribution is 0.0951. The summed E-state index contributed by atoms with van der Waals surface area (Å²) < 4.78 is 5.15. The lowest BCUT2D eigenvalue weighted by Crippen LogP contribution is -2.25. The number of hydrogen-bond donors (Lipinski definition) is 2. The van der Waals surface area contributed by atoms with Crippen molar-refractivity contribution >= 4 is 5.91 Å². The Bertz CT molecular complexity index is 510. The Morgan fingerprint density at radius 2 is 2.33 bits per heavy atom. The first-order chi connectivity index (χ1) is 8.74. The highest BCUT2D eigenvalue weighted by molar-refractivity contribution is 5.95. The Hall–Kier alpha value is -1.99. The zero-order chi connectivity index (χ0) is 13.0. The number of nitrogens with one attached hydrogen (secondary N) is 1. The SMILES string of the molecule is COc1ccc(C(=O)NC2CC2)cc1C#CCO. The summed E-state index contributed by atoms with van der Waals surface area (Å²) in [6.45, 7) is -0.221. The highest BCUT2D eigenvalue weighted by Gasteiger charge is 2.23. The molecule has 1 aliphatic carbocycles. The van der Waals surface area contributed by atoms with E-state index < -0.39 is 0 Å². The summed E-state index contributed by atoms with van der Waals surface area (Å²) in [6.07, 6.45) is 2.11. The van der Waals surface area contributed by atoms with Crippen LogP contribution in [0.2, 0.25) is 0 Å². The van der Waals surface area contributed by atoms with Crippen LogP contribution in [0.3, 0.4) is 0 Å². The molecule has 1 aromatic rings. The van der Waals surface area contributed by atoms with Gasteiger partial charge in [0, 0.05) is 11.6 Å². The van der Waals surface area contributed by atoms with Crippen molar-refractivity contribution in [1.29, 1.82) is 0 Å². The van der Waals surface area contributed by atoms with Crippen molar-refractivity contribution in [3.8, 4) is 17.6 Å².